The van der Waals surface area contributed by atoms with Crippen LogP contribution in [0.4, 0.5) is 9.52 Å². The van der Waals surface area contributed by atoms with Gasteiger partial charge in [-0.3, -0.25) is 10.1 Å². The molecule has 0 aliphatic rings. The zero-order valence-electron chi connectivity index (χ0n) is 13.9. The second-order valence-corrected chi connectivity index (χ2v) is 7.89. The molecule has 0 saturated carbocycles. The highest BCUT2D eigenvalue weighted by Crippen LogP contribution is 2.29. The molecule has 3 aromatic heterocycles. The van der Waals surface area contributed by atoms with Crippen LogP contribution in [0.15, 0.2) is 45.8 Å². The number of thiazole rings is 2. The lowest BCUT2D eigenvalue weighted by molar-refractivity contribution is 0.102. The first-order valence-corrected chi connectivity index (χ1v) is 10.4. The SMILES string of the molecule is COc1ccc(-c2csc(NC(=O)c3csc(-c4ccsc4)n3)n2)cc1F. The van der Waals surface area contributed by atoms with Gasteiger partial charge in [-0.05, 0) is 29.6 Å². The van der Waals surface area contributed by atoms with E-state index in [2.05, 4.69) is 15.3 Å². The Labute approximate surface area is 166 Å². The van der Waals surface area contributed by atoms with Gasteiger partial charge in [0, 0.05) is 27.3 Å². The number of rotatable bonds is 5. The molecule has 0 atom stereocenters. The summed E-state index contributed by atoms with van der Waals surface area (Å²) in [6, 6.07) is 6.58. The number of carbonyl (C=O) groups is 1. The monoisotopic (exact) mass is 417 g/mol. The van der Waals surface area contributed by atoms with Crippen LogP contribution in [0.1, 0.15) is 10.5 Å². The van der Waals surface area contributed by atoms with Crippen molar-refractivity contribution in [2.75, 3.05) is 12.4 Å². The Hall–Kier alpha value is -2.62. The van der Waals surface area contributed by atoms with Gasteiger partial charge in [0.25, 0.3) is 5.91 Å². The van der Waals surface area contributed by atoms with Crippen molar-refractivity contribution in [3.63, 3.8) is 0 Å². The molecule has 0 bridgehead atoms. The first-order chi connectivity index (χ1) is 13.1. The van der Waals surface area contributed by atoms with Gasteiger partial charge in [-0.2, -0.15) is 11.3 Å². The van der Waals surface area contributed by atoms with Crippen molar-refractivity contribution in [2.45, 2.75) is 0 Å². The summed E-state index contributed by atoms with van der Waals surface area (Å²) in [5.74, 6) is -0.612. The molecule has 4 aromatic rings. The topological polar surface area (TPSA) is 64.1 Å². The first-order valence-electron chi connectivity index (χ1n) is 7.73. The number of halogens is 1. The normalized spacial score (nSPS) is 10.7. The lowest BCUT2D eigenvalue weighted by Gasteiger charge is -2.03. The Morgan fingerprint density at radius 2 is 2.00 bits per heavy atom. The minimum atomic E-state index is -0.461. The molecule has 9 heteroatoms. The van der Waals surface area contributed by atoms with Crippen molar-refractivity contribution < 1.29 is 13.9 Å². The third-order valence-corrected chi connectivity index (χ3v) is 6.01. The summed E-state index contributed by atoms with van der Waals surface area (Å²) in [4.78, 5) is 21.1. The second kappa shape index (κ2) is 7.55. The highest BCUT2D eigenvalue weighted by Gasteiger charge is 2.15. The predicted molar refractivity (Wildman–Crippen MR) is 107 cm³/mol. The third-order valence-electron chi connectivity index (χ3n) is 3.68. The molecule has 3 heterocycles. The lowest BCUT2D eigenvalue weighted by atomic mass is 10.1. The fourth-order valence-corrected chi connectivity index (χ4v) is 4.57. The summed E-state index contributed by atoms with van der Waals surface area (Å²) >= 11 is 4.27. The molecule has 0 fully saturated rings. The van der Waals surface area contributed by atoms with Crippen molar-refractivity contribution in [3.05, 3.63) is 57.3 Å². The summed E-state index contributed by atoms with van der Waals surface area (Å²) in [5.41, 5.74) is 2.53. The molecule has 0 unspecified atom stereocenters. The number of nitrogens with zero attached hydrogens (tertiary/aromatic N) is 2. The molecule has 0 saturated heterocycles. The van der Waals surface area contributed by atoms with E-state index in [1.54, 1.807) is 34.2 Å². The van der Waals surface area contributed by atoms with Crippen LogP contribution < -0.4 is 10.1 Å². The average Bonchev–Trinajstić information content (AvgIpc) is 3.42. The lowest BCUT2D eigenvalue weighted by Crippen LogP contribution is -2.12. The number of nitrogens with one attached hydrogen (secondary N) is 1. The standard InChI is InChI=1S/C18H12FN3O2S3/c1-24-15-3-2-10(6-12(15)19)13-8-27-18(21-13)22-16(23)14-9-26-17(20-14)11-4-5-25-7-11/h2-9H,1H3,(H,21,22,23). The number of carbonyl (C=O) groups excluding carboxylic acids is 1. The predicted octanol–water partition coefficient (Wildman–Crippen LogP) is 5.40. The van der Waals surface area contributed by atoms with E-state index in [1.807, 2.05) is 16.8 Å². The van der Waals surface area contributed by atoms with Crippen molar-refractivity contribution >= 4 is 45.0 Å². The maximum absolute atomic E-state index is 13.9. The molecule has 1 N–H and O–H groups in total. The third kappa shape index (κ3) is 3.75. The zero-order chi connectivity index (χ0) is 18.8. The molecular weight excluding hydrogens is 405 g/mol. The molecule has 27 heavy (non-hydrogen) atoms. The largest absolute Gasteiger partial charge is 0.494 e. The minimum absolute atomic E-state index is 0.174. The highest BCUT2D eigenvalue weighted by molar-refractivity contribution is 7.14. The van der Waals surface area contributed by atoms with E-state index in [0.29, 0.717) is 22.1 Å². The van der Waals surface area contributed by atoms with Crippen LogP contribution in [-0.2, 0) is 0 Å². The number of methoxy groups -OCH3 is 1. The van der Waals surface area contributed by atoms with E-state index in [1.165, 1.54) is 35.8 Å². The molecule has 1 aromatic carbocycles. The van der Waals surface area contributed by atoms with E-state index < -0.39 is 5.82 Å². The maximum atomic E-state index is 13.9. The molecule has 0 aliphatic heterocycles. The summed E-state index contributed by atoms with van der Waals surface area (Å²) in [6.07, 6.45) is 0. The van der Waals surface area contributed by atoms with Gasteiger partial charge in [0.05, 0.1) is 12.8 Å². The van der Waals surface area contributed by atoms with Crippen LogP contribution in [0.2, 0.25) is 0 Å². The summed E-state index contributed by atoms with van der Waals surface area (Å²) in [7, 11) is 1.41. The quantitative estimate of drug-likeness (QED) is 0.473. The average molecular weight is 418 g/mol. The number of hydrogen-bond acceptors (Lipinski definition) is 7. The Balaban J connectivity index is 1.49. The van der Waals surface area contributed by atoms with E-state index in [9.17, 15) is 9.18 Å². The Morgan fingerprint density at radius 3 is 2.74 bits per heavy atom. The van der Waals surface area contributed by atoms with E-state index >= 15 is 0 Å². The Bertz CT molecular complexity index is 1090. The van der Waals surface area contributed by atoms with Gasteiger partial charge in [0.1, 0.15) is 10.7 Å². The van der Waals surface area contributed by atoms with Crippen molar-refractivity contribution in [2.24, 2.45) is 0 Å². The number of hydrogen-bond donors (Lipinski definition) is 1. The van der Waals surface area contributed by atoms with Crippen LogP contribution in [-0.4, -0.2) is 23.0 Å². The van der Waals surface area contributed by atoms with Gasteiger partial charge in [-0.25, -0.2) is 14.4 Å². The van der Waals surface area contributed by atoms with Crippen LogP contribution >= 0.6 is 34.0 Å². The van der Waals surface area contributed by atoms with Gasteiger partial charge in [-0.1, -0.05) is 0 Å². The molecule has 0 radical (unpaired) electrons. The van der Waals surface area contributed by atoms with Crippen molar-refractivity contribution in [1.29, 1.82) is 0 Å². The summed E-state index contributed by atoms with van der Waals surface area (Å²) in [6.45, 7) is 0. The van der Waals surface area contributed by atoms with Crippen LogP contribution in [0.25, 0.3) is 21.8 Å². The Kier molecular flexibility index (Phi) is 4.97. The molecule has 0 aliphatic carbocycles. The number of amides is 1. The number of aromatic nitrogens is 2. The van der Waals surface area contributed by atoms with Gasteiger partial charge in [0.2, 0.25) is 0 Å². The number of ether oxygens (including phenoxy) is 1. The molecule has 136 valence electrons. The fourth-order valence-electron chi connectivity index (χ4n) is 2.35. The van der Waals surface area contributed by atoms with Gasteiger partial charge in [-0.15, -0.1) is 22.7 Å². The maximum Gasteiger partial charge on any atom is 0.276 e. The van der Waals surface area contributed by atoms with Gasteiger partial charge < -0.3 is 4.74 Å². The first kappa shape index (κ1) is 17.8. The second-order valence-electron chi connectivity index (χ2n) is 5.39. The van der Waals surface area contributed by atoms with Gasteiger partial charge >= 0.3 is 0 Å². The van der Waals surface area contributed by atoms with Crippen molar-refractivity contribution in [1.82, 2.24) is 9.97 Å². The molecule has 1 amide bonds. The smallest absolute Gasteiger partial charge is 0.276 e. The number of benzene rings is 1. The zero-order valence-corrected chi connectivity index (χ0v) is 16.4. The minimum Gasteiger partial charge on any atom is -0.494 e. The molecule has 4 rings (SSSR count). The van der Waals surface area contributed by atoms with E-state index in [-0.39, 0.29) is 11.7 Å². The summed E-state index contributed by atoms with van der Waals surface area (Å²) in [5, 5.41) is 11.4. The van der Waals surface area contributed by atoms with E-state index in [4.69, 9.17) is 4.74 Å². The van der Waals surface area contributed by atoms with Crippen molar-refractivity contribution in [3.8, 4) is 27.6 Å². The highest BCUT2D eigenvalue weighted by atomic mass is 32.1. The molecular formula is C18H12FN3O2S3. The van der Waals surface area contributed by atoms with E-state index in [0.717, 1.165) is 10.6 Å². The van der Waals surface area contributed by atoms with Crippen LogP contribution in [0.5, 0.6) is 5.75 Å². The molecule has 5 nitrogen and oxygen atoms in total. The Morgan fingerprint density at radius 1 is 1.11 bits per heavy atom. The molecule has 0 spiro atoms. The number of anilines is 1. The van der Waals surface area contributed by atoms with Crippen LogP contribution in [0.3, 0.4) is 0 Å². The number of thiophene rings is 1. The van der Waals surface area contributed by atoms with Gasteiger partial charge in [0.15, 0.2) is 16.7 Å². The summed E-state index contributed by atoms with van der Waals surface area (Å²) < 4.78 is 18.8. The fraction of sp³-hybridized carbons (Fsp3) is 0.0556. The van der Waals surface area contributed by atoms with Crippen LogP contribution in [0, 0.1) is 5.82 Å².